The molecule has 3 aromatic rings. The third-order valence-corrected chi connectivity index (χ3v) is 3.97. The molecule has 2 aromatic carbocycles. The Balaban J connectivity index is 1.61. The number of carbonyl (C=O) groups excluding carboxylic acids is 1. The molecule has 1 atom stereocenters. The second-order valence-corrected chi connectivity index (χ2v) is 6.29. The maximum Gasteiger partial charge on any atom is 0.263 e. The standard InChI is InChI=1S/C20H20FN3O3/c1-13-5-4-6-15(11-13)19-22-18(27-23-19)12-24(3)20(25)14(2)26-17-9-7-16(21)8-10-17/h4-11,14H,12H2,1-3H3/t14-/m0/s1. The van der Waals surface area contributed by atoms with Crippen LogP contribution in [0.25, 0.3) is 11.4 Å². The van der Waals surface area contributed by atoms with Gasteiger partial charge in [0.25, 0.3) is 5.91 Å². The largest absolute Gasteiger partial charge is 0.481 e. The van der Waals surface area contributed by atoms with Crippen molar-refractivity contribution in [1.82, 2.24) is 15.0 Å². The van der Waals surface area contributed by atoms with Crippen LogP contribution in [0.15, 0.2) is 53.1 Å². The number of aryl methyl sites for hydroxylation is 1. The van der Waals surface area contributed by atoms with Gasteiger partial charge in [-0.15, -0.1) is 0 Å². The minimum Gasteiger partial charge on any atom is -0.481 e. The van der Waals surface area contributed by atoms with Crippen molar-refractivity contribution in [3.63, 3.8) is 0 Å². The van der Waals surface area contributed by atoms with E-state index in [-0.39, 0.29) is 18.3 Å². The van der Waals surface area contributed by atoms with Gasteiger partial charge in [0.05, 0.1) is 6.54 Å². The van der Waals surface area contributed by atoms with Gasteiger partial charge in [-0.05, 0) is 44.2 Å². The number of benzene rings is 2. The van der Waals surface area contributed by atoms with Crippen molar-refractivity contribution in [3.8, 4) is 17.1 Å². The molecule has 0 spiro atoms. The summed E-state index contributed by atoms with van der Waals surface area (Å²) in [6.45, 7) is 3.78. The summed E-state index contributed by atoms with van der Waals surface area (Å²) in [5, 5.41) is 3.97. The number of hydrogen-bond acceptors (Lipinski definition) is 5. The molecule has 0 aliphatic carbocycles. The van der Waals surface area contributed by atoms with Gasteiger partial charge in [0, 0.05) is 12.6 Å². The molecule has 1 amide bonds. The van der Waals surface area contributed by atoms with E-state index in [0.717, 1.165) is 11.1 Å². The number of rotatable bonds is 6. The van der Waals surface area contributed by atoms with Gasteiger partial charge in [0.1, 0.15) is 11.6 Å². The molecule has 1 heterocycles. The monoisotopic (exact) mass is 369 g/mol. The minimum atomic E-state index is -0.736. The smallest absolute Gasteiger partial charge is 0.263 e. The first-order chi connectivity index (χ1) is 12.9. The maximum atomic E-state index is 12.9. The van der Waals surface area contributed by atoms with Gasteiger partial charge in [0.2, 0.25) is 11.7 Å². The first-order valence-corrected chi connectivity index (χ1v) is 8.49. The fraction of sp³-hybridized carbons (Fsp3) is 0.250. The van der Waals surface area contributed by atoms with Crippen LogP contribution in [0.5, 0.6) is 5.75 Å². The lowest BCUT2D eigenvalue weighted by molar-refractivity contribution is -0.137. The Morgan fingerprint density at radius 3 is 2.70 bits per heavy atom. The van der Waals surface area contributed by atoms with Crippen molar-refractivity contribution < 1.29 is 18.4 Å². The zero-order valence-electron chi connectivity index (χ0n) is 15.3. The van der Waals surface area contributed by atoms with E-state index in [1.165, 1.54) is 29.2 Å². The minimum absolute atomic E-state index is 0.161. The first kappa shape index (κ1) is 18.6. The predicted octanol–water partition coefficient (Wildman–Crippen LogP) is 3.61. The molecule has 0 saturated heterocycles. The summed E-state index contributed by atoms with van der Waals surface area (Å²) >= 11 is 0. The van der Waals surface area contributed by atoms with Crippen molar-refractivity contribution in [2.75, 3.05) is 7.05 Å². The van der Waals surface area contributed by atoms with Gasteiger partial charge in [-0.3, -0.25) is 4.79 Å². The van der Waals surface area contributed by atoms with Crippen LogP contribution < -0.4 is 4.74 Å². The Bertz CT molecular complexity index is 924. The van der Waals surface area contributed by atoms with Crippen molar-refractivity contribution >= 4 is 5.91 Å². The lowest BCUT2D eigenvalue weighted by atomic mass is 10.1. The maximum absolute atomic E-state index is 12.9. The molecular formula is C20H20FN3O3. The van der Waals surface area contributed by atoms with E-state index in [2.05, 4.69) is 10.1 Å². The molecule has 0 aliphatic rings. The fourth-order valence-corrected chi connectivity index (χ4v) is 2.58. The summed E-state index contributed by atoms with van der Waals surface area (Å²) in [7, 11) is 1.63. The van der Waals surface area contributed by atoms with Crippen LogP contribution in [0.4, 0.5) is 4.39 Å². The summed E-state index contributed by atoms with van der Waals surface area (Å²) in [5.41, 5.74) is 1.95. The molecule has 0 N–H and O–H groups in total. The van der Waals surface area contributed by atoms with Crippen LogP contribution in [0.1, 0.15) is 18.4 Å². The Morgan fingerprint density at radius 2 is 2.00 bits per heavy atom. The predicted molar refractivity (Wildman–Crippen MR) is 97.4 cm³/mol. The summed E-state index contributed by atoms with van der Waals surface area (Å²) in [6.07, 6.45) is -0.736. The number of ether oxygens (including phenoxy) is 1. The third-order valence-electron chi connectivity index (χ3n) is 3.97. The van der Waals surface area contributed by atoms with Crippen LogP contribution in [-0.4, -0.2) is 34.1 Å². The molecular weight excluding hydrogens is 349 g/mol. The van der Waals surface area contributed by atoms with Crippen molar-refractivity contribution in [2.45, 2.75) is 26.5 Å². The van der Waals surface area contributed by atoms with Gasteiger partial charge in [-0.25, -0.2) is 4.39 Å². The van der Waals surface area contributed by atoms with E-state index in [9.17, 15) is 9.18 Å². The van der Waals surface area contributed by atoms with E-state index in [4.69, 9.17) is 9.26 Å². The SMILES string of the molecule is Cc1cccc(-c2noc(CN(C)C(=O)[C@H](C)Oc3ccc(F)cc3)n2)c1. The molecule has 0 fully saturated rings. The summed E-state index contributed by atoms with van der Waals surface area (Å²) < 4.78 is 23.8. The molecule has 7 heteroatoms. The molecule has 140 valence electrons. The van der Waals surface area contributed by atoms with Gasteiger partial charge in [0.15, 0.2) is 6.10 Å². The summed E-state index contributed by atoms with van der Waals surface area (Å²) in [5.74, 6) is 0.612. The van der Waals surface area contributed by atoms with Crippen molar-refractivity contribution in [1.29, 1.82) is 0 Å². The molecule has 0 bridgehead atoms. The molecule has 3 rings (SSSR count). The topological polar surface area (TPSA) is 68.5 Å². The highest BCUT2D eigenvalue weighted by molar-refractivity contribution is 5.80. The number of likely N-dealkylation sites (N-methyl/N-ethyl adjacent to an activating group) is 1. The quantitative estimate of drug-likeness (QED) is 0.664. The normalized spacial score (nSPS) is 11.9. The van der Waals surface area contributed by atoms with E-state index >= 15 is 0 Å². The second kappa shape index (κ2) is 7.99. The molecule has 27 heavy (non-hydrogen) atoms. The highest BCUT2D eigenvalue weighted by Gasteiger charge is 2.21. The Labute approximate surface area is 156 Å². The van der Waals surface area contributed by atoms with Crippen molar-refractivity contribution in [2.24, 2.45) is 0 Å². The average molecular weight is 369 g/mol. The fourth-order valence-electron chi connectivity index (χ4n) is 2.58. The van der Waals surface area contributed by atoms with E-state index in [0.29, 0.717) is 17.5 Å². The molecule has 0 radical (unpaired) electrons. The lowest BCUT2D eigenvalue weighted by Crippen LogP contribution is -2.37. The van der Waals surface area contributed by atoms with Gasteiger partial charge >= 0.3 is 0 Å². The number of carbonyl (C=O) groups is 1. The summed E-state index contributed by atoms with van der Waals surface area (Å²) in [6, 6.07) is 13.3. The molecule has 0 unspecified atom stereocenters. The number of nitrogens with zero attached hydrogens (tertiary/aromatic N) is 3. The number of amides is 1. The number of halogens is 1. The van der Waals surface area contributed by atoms with Gasteiger partial charge in [-0.1, -0.05) is 28.9 Å². The highest BCUT2D eigenvalue weighted by Crippen LogP contribution is 2.18. The van der Waals surface area contributed by atoms with E-state index in [1.807, 2.05) is 31.2 Å². The van der Waals surface area contributed by atoms with Gasteiger partial charge in [-0.2, -0.15) is 4.98 Å². The molecule has 6 nitrogen and oxygen atoms in total. The van der Waals surface area contributed by atoms with Crippen LogP contribution in [0.2, 0.25) is 0 Å². The second-order valence-electron chi connectivity index (χ2n) is 6.29. The summed E-state index contributed by atoms with van der Waals surface area (Å²) in [4.78, 5) is 18.3. The molecule has 1 aromatic heterocycles. The third kappa shape index (κ3) is 4.69. The Morgan fingerprint density at radius 1 is 1.26 bits per heavy atom. The molecule has 0 aliphatic heterocycles. The number of aromatic nitrogens is 2. The Hall–Kier alpha value is -3.22. The zero-order valence-corrected chi connectivity index (χ0v) is 15.3. The first-order valence-electron chi connectivity index (χ1n) is 8.49. The van der Waals surface area contributed by atoms with Crippen molar-refractivity contribution in [3.05, 3.63) is 65.8 Å². The van der Waals surface area contributed by atoms with Crippen LogP contribution in [0, 0.1) is 12.7 Å². The Kier molecular flexibility index (Phi) is 5.49. The van der Waals surface area contributed by atoms with Crippen LogP contribution >= 0.6 is 0 Å². The van der Waals surface area contributed by atoms with Crippen LogP contribution in [0.3, 0.4) is 0 Å². The van der Waals surface area contributed by atoms with E-state index in [1.54, 1.807) is 14.0 Å². The highest BCUT2D eigenvalue weighted by atomic mass is 19.1. The van der Waals surface area contributed by atoms with Crippen LogP contribution in [-0.2, 0) is 11.3 Å². The number of hydrogen-bond donors (Lipinski definition) is 0. The lowest BCUT2D eigenvalue weighted by Gasteiger charge is -2.20. The van der Waals surface area contributed by atoms with Gasteiger partial charge < -0.3 is 14.2 Å². The zero-order chi connectivity index (χ0) is 19.4. The van der Waals surface area contributed by atoms with E-state index < -0.39 is 6.10 Å². The molecule has 0 saturated carbocycles. The average Bonchev–Trinajstić information content (AvgIpc) is 3.11.